The van der Waals surface area contributed by atoms with Crippen molar-refractivity contribution in [3.63, 3.8) is 0 Å². The number of hydrogen-bond acceptors (Lipinski definition) is 6. The molecule has 34 heavy (non-hydrogen) atoms. The predicted molar refractivity (Wildman–Crippen MR) is 127 cm³/mol. The van der Waals surface area contributed by atoms with E-state index in [9.17, 15) is 22.8 Å². The first kappa shape index (κ1) is 23.1. The second-order valence-corrected chi connectivity index (χ2v) is 9.37. The Morgan fingerprint density at radius 2 is 1.65 bits per heavy atom. The largest absolute Gasteiger partial charge is 0.386 e. The molecule has 0 bridgehead atoms. The van der Waals surface area contributed by atoms with Gasteiger partial charge >= 0.3 is 0 Å². The van der Waals surface area contributed by atoms with Crippen LogP contribution in [0.15, 0.2) is 77.8 Å². The number of nitrogens with one attached hydrogen (secondary N) is 2. The summed E-state index contributed by atoms with van der Waals surface area (Å²) in [6, 6.07) is 18.3. The molecule has 0 fully saturated rings. The van der Waals surface area contributed by atoms with Crippen LogP contribution in [0.1, 0.15) is 38.8 Å². The molecule has 3 aromatic rings. The van der Waals surface area contributed by atoms with Crippen LogP contribution in [-0.2, 0) is 21.4 Å². The maximum absolute atomic E-state index is 12.6. The molecule has 8 nitrogen and oxygen atoms in total. The molecule has 0 spiro atoms. The van der Waals surface area contributed by atoms with Gasteiger partial charge in [0.15, 0.2) is 5.78 Å². The molecule has 1 aliphatic heterocycles. The number of sulfonamides is 1. The van der Waals surface area contributed by atoms with Crippen molar-refractivity contribution < 1.29 is 22.8 Å². The van der Waals surface area contributed by atoms with Crippen LogP contribution in [-0.4, -0.2) is 26.0 Å². The Morgan fingerprint density at radius 1 is 0.941 bits per heavy atom. The highest BCUT2D eigenvalue weighted by Gasteiger charge is 2.27. The minimum atomic E-state index is -3.77. The van der Waals surface area contributed by atoms with Crippen LogP contribution in [0.5, 0.6) is 0 Å². The molecule has 0 radical (unpaired) electrons. The van der Waals surface area contributed by atoms with Crippen molar-refractivity contribution in [1.82, 2.24) is 10.6 Å². The SMILES string of the molecule is CC(=O)c1cccc(-c2ccc3c(c2)C(=CNCc2ccc(S(N)(=O)=O)cc2)C(=O)NC3=O)c1. The van der Waals surface area contributed by atoms with Gasteiger partial charge in [0.25, 0.3) is 11.8 Å². The molecule has 0 saturated carbocycles. The van der Waals surface area contributed by atoms with Gasteiger partial charge in [0.2, 0.25) is 10.0 Å². The van der Waals surface area contributed by atoms with Gasteiger partial charge in [0.1, 0.15) is 0 Å². The Hall–Kier alpha value is -4.08. The zero-order chi connectivity index (χ0) is 24.5. The number of primary sulfonamides is 1. The van der Waals surface area contributed by atoms with E-state index in [4.69, 9.17) is 5.14 Å². The van der Waals surface area contributed by atoms with Gasteiger partial charge in [-0.25, -0.2) is 13.6 Å². The van der Waals surface area contributed by atoms with E-state index in [2.05, 4.69) is 10.6 Å². The van der Waals surface area contributed by atoms with E-state index in [1.165, 1.54) is 25.3 Å². The van der Waals surface area contributed by atoms with Crippen molar-refractivity contribution >= 4 is 33.2 Å². The quantitative estimate of drug-likeness (QED) is 0.285. The number of rotatable bonds is 6. The molecular weight excluding hydrogens is 454 g/mol. The van der Waals surface area contributed by atoms with E-state index >= 15 is 0 Å². The zero-order valence-electron chi connectivity index (χ0n) is 18.2. The van der Waals surface area contributed by atoms with Crippen LogP contribution in [0.4, 0.5) is 0 Å². The molecule has 4 rings (SSSR count). The second kappa shape index (κ2) is 9.05. The van der Waals surface area contributed by atoms with Gasteiger partial charge < -0.3 is 5.32 Å². The molecule has 0 aliphatic carbocycles. The number of fused-ring (bicyclic) bond motifs is 1. The minimum Gasteiger partial charge on any atom is -0.386 e. The Morgan fingerprint density at radius 3 is 2.32 bits per heavy atom. The third-order valence-corrected chi connectivity index (χ3v) is 6.36. The predicted octanol–water partition coefficient (Wildman–Crippen LogP) is 2.60. The number of hydrogen-bond donors (Lipinski definition) is 3. The summed E-state index contributed by atoms with van der Waals surface area (Å²) in [5.74, 6) is -1.08. The highest BCUT2D eigenvalue weighted by atomic mass is 32.2. The Bertz CT molecular complexity index is 1460. The Balaban J connectivity index is 1.64. The first-order valence-electron chi connectivity index (χ1n) is 10.3. The summed E-state index contributed by atoms with van der Waals surface area (Å²) in [5.41, 5.74) is 3.99. The average Bonchev–Trinajstić information content (AvgIpc) is 2.80. The first-order chi connectivity index (χ1) is 16.1. The summed E-state index contributed by atoms with van der Waals surface area (Å²) in [4.78, 5) is 36.7. The van der Waals surface area contributed by atoms with Gasteiger partial charge in [-0.2, -0.15) is 0 Å². The molecule has 0 unspecified atom stereocenters. The lowest BCUT2D eigenvalue weighted by Crippen LogP contribution is -2.37. The van der Waals surface area contributed by atoms with Crippen molar-refractivity contribution in [2.75, 3.05) is 0 Å². The zero-order valence-corrected chi connectivity index (χ0v) is 19.0. The van der Waals surface area contributed by atoms with Gasteiger partial charge in [0, 0.05) is 29.4 Å². The summed E-state index contributed by atoms with van der Waals surface area (Å²) < 4.78 is 22.8. The van der Waals surface area contributed by atoms with Gasteiger partial charge in [0.05, 0.1) is 10.5 Å². The third-order valence-electron chi connectivity index (χ3n) is 5.43. The Kier molecular flexibility index (Phi) is 6.14. The average molecular weight is 476 g/mol. The van der Waals surface area contributed by atoms with E-state index < -0.39 is 21.8 Å². The maximum Gasteiger partial charge on any atom is 0.260 e. The first-order valence-corrected chi connectivity index (χ1v) is 11.8. The summed E-state index contributed by atoms with van der Waals surface area (Å²) >= 11 is 0. The van der Waals surface area contributed by atoms with Crippen LogP contribution >= 0.6 is 0 Å². The lowest BCUT2D eigenvalue weighted by atomic mass is 9.91. The number of carbonyl (C=O) groups is 3. The molecule has 3 aromatic carbocycles. The van der Waals surface area contributed by atoms with E-state index in [1.54, 1.807) is 48.5 Å². The standard InChI is InChI=1S/C25H21N3O5S/c1-15(29)17-3-2-4-18(11-17)19-7-10-21-22(12-19)23(25(31)28-24(21)30)14-27-13-16-5-8-20(9-6-16)34(26,32)33/h2-12,14,27H,13H2,1H3,(H2,26,32,33)(H,28,30,31). The summed E-state index contributed by atoms with van der Waals surface area (Å²) in [6.07, 6.45) is 1.52. The van der Waals surface area contributed by atoms with Gasteiger partial charge in [-0.15, -0.1) is 0 Å². The third kappa shape index (κ3) is 4.80. The number of benzene rings is 3. The second-order valence-electron chi connectivity index (χ2n) is 7.81. The van der Waals surface area contributed by atoms with Crippen molar-refractivity contribution in [3.8, 4) is 11.1 Å². The van der Waals surface area contributed by atoms with Gasteiger partial charge in [-0.1, -0.05) is 36.4 Å². The lowest BCUT2D eigenvalue weighted by Gasteiger charge is -2.19. The molecule has 2 amide bonds. The van der Waals surface area contributed by atoms with Crippen LogP contribution < -0.4 is 15.8 Å². The summed E-state index contributed by atoms with van der Waals surface area (Å²) in [7, 11) is -3.77. The smallest absolute Gasteiger partial charge is 0.260 e. The molecule has 4 N–H and O–H groups in total. The van der Waals surface area contributed by atoms with Crippen LogP contribution in [0.2, 0.25) is 0 Å². The number of nitrogens with two attached hydrogens (primary N) is 1. The fourth-order valence-electron chi connectivity index (χ4n) is 3.63. The highest BCUT2D eigenvalue weighted by molar-refractivity contribution is 7.89. The highest BCUT2D eigenvalue weighted by Crippen LogP contribution is 2.30. The van der Waals surface area contributed by atoms with Crippen molar-refractivity contribution in [3.05, 3.63) is 95.2 Å². The van der Waals surface area contributed by atoms with Crippen LogP contribution in [0, 0.1) is 0 Å². The van der Waals surface area contributed by atoms with E-state index in [1.807, 2.05) is 6.07 Å². The molecular formula is C25H21N3O5S. The summed E-state index contributed by atoms with van der Waals surface area (Å²) in [5, 5.41) is 10.5. The number of carbonyl (C=O) groups excluding carboxylic acids is 3. The number of amides is 2. The van der Waals surface area contributed by atoms with Gasteiger partial charge in [-0.3, -0.25) is 19.7 Å². The minimum absolute atomic E-state index is 0.00933. The number of imide groups is 1. The number of Topliss-reactive ketones (excluding diaryl/α,β-unsaturated/α-hetero) is 1. The van der Waals surface area contributed by atoms with Gasteiger partial charge in [-0.05, 0) is 53.9 Å². The molecule has 0 aromatic heterocycles. The summed E-state index contributed by atoms with van der Waals surface area (Å²) in [6.45, 7) is 1.80. The van der Waals surface area contributed by atoms with Crippen LogP contribution in [0.25, 0.3) is 16.7 Å². The molecule has 1 aliphatic rings. The van der Waals surface area contributed by atoms with E-state index in [-0.39, 0.29) is 16.3 Å². The fourth-order valence-corrected chi connectivity index (χ4v) is 4.15. The van der Waals surface area contributed by atoms with Crippen molar-refractivity contribution in [1.29, 1.82) is 0 Å². The monoisotopic (exact) mass is 475 g/mol. The topological polar surface area (TPSA) is 135 Å². The molecule has 1 heterocycles. The van der Waals surface area contributed by atoms with Crippen molar-refractivity contribution in [2.24, 2.45) is 5.14 Å². The fraction of sp³-hybridized carbons (Fsp3) is 0.0800. The van der Waals surface area contributed by atoms with Crippen molar-refractivity contribution in [2.45, 2.75) is 18.4 Å². The lowest BCUT2D eigenvalue weighted by molar-refractivity contribution is -0.114. The van der Waals surface area contributed by atoms with E-state index in [0.29, 0.717) is 23.2 Å². The maximum atomic E-state index is 12.6. The molecule has 172 valence electrons. The Labute approximate surface area is 196 Å². The molecule has 9 heteroatoms. The molecule has 0 atom stereocenters. The van der Waals surface area contributed by atoms with E-state index in [0.717, 1.165) is 16.7 Å². The van der Waals surface area contributed by atoms with Crippen LogP contribution in [0.3, 0.4) is 0 Å². The number of ketones is 1. The normalized spacial score (nSPS) is 14.5. The molecule has 0 saturated heterocycles.